The van der Waals surface area contributed by atoms with E-state index in [1.165, 1.54) is 0 Å². The molecule has 0 fully saturated rings. The normalized spacial score (nSPS) is 11.5. The van der Waals surface area contributed by atoms with E-state index in [1.54, 1.807) is 12.1 Å². The Kier molecular flexibility index (Phi) is 7.33. The number of carboxylic acids is 1. The molecule has 155 valence electrons. The standard InChI is InChI=1S/C25H25O5/c1-18(15-20-11-13-21(14-12-20)28-17-24(26)27)16-29-25-19(2)7-6-10-23(25)30-22-8-4-3-5-9-22/h3-14,18H,2,15-17H2,1H3,(H,26,27). The zero-order chi connectivity index (χ0) is 21.3. The van der Waals surface area contributed by atoms with Gasteiger partial charge in [0.2, 0.25) is 0 Å². The molecule has 5 nitrogen and oxygen atoms in total. The molecule has 0 aliphatic heterocycles. The first-order chi connectivity index (χ1) is 14.5. The lowest BCUT2D eigenvalue weighted by Gasteiger charge is -2.18. The van der Waals surface area contributed by atoms with Gasteiger partial charge in [0.25, 0.3) is 0 Å². The molecule has 1 N–H and O–H groups in total. The minimum Gasteiger partial charge on any atom is -0.489 e. The molecule has 0 spiro atoms. The fourth-order valence-electron chi connectivity index (χ4n) is 2.97. The van der Waals surface area contributed by atoms with Gasteiger partial charge in [0.05, 0.1) is 6.61 Å². The first-order valence-corrected chi connectivity index (χ1v) is 9.75. The van der Waals surface area contributed by atoms with E-state index in [0.29, 0.717) is 23.9 Å². The SMILES string of the molecule is [CH2]c1cccc(Oc2ccccc2)c1OCC(C)Cc1ccc(OCC(=O)O)cc1. The molecule has 3 rings (SSSR count). The number of ether oxygens (including phenoxy) is 3. The topological polar surface area (TPSA) is 65.0 Å². The van der Waals surface area contributed by atoms with Crippen LogP contribution in [0.4, 0.5) is 0 Å². The second-order valence-corrected chi connectivity index (χ2v) is 7.11. The molecule has 1 atom stereocenters. The minimum absolute atomic E-state index is 0.250. The fraction of sp³-hybridized carbons (Fsp3) is 0.200. The predicted octanol–water partition coefficient (Wildman–Crippen LogP) is 5.38. The van der Waals surface area contributed by atoms with E-state index in [-0.39, 0.29) is 12.5 Å². The molecule has 30 heavy (non-hydrogen) atoms. The zero-order valence-corrected chi connectivity index (χ0v) is 16.9. The van der Waals surface area contributed by atoms with Gasteiger partial charge < -0.3 is 19.3 Å². The van der Waals surface area contributed by atoms with E-state index in [9.17, 15) is 4.79 Å². The molecular weight excluding hydrogens is 380 g/mol. The summed E-state index contributed by atoms with van der Waals surface area (Å²) in [5, 5.41) is 8.67. The van der Waals surface area contributed by atoms with E-state index < -0.39 is 5.97 Å². The van der Waals surface area contributed by atoms with Crippen molar-refractivity contribution in [2.75, 3.05) is 13.2 Å². The Balaban J connectivity index is 1.58. The first kappa shape index (κ1) is 21.2. The van der Waals surface area contributed by atoms with E-state index in [1.807, 2.05) is 60.7 Å². The van der Waals surface area contributed by atoms with Gasteiger partial charge in [0.15, 0.2) is 18.1 Å². The summed E-state index contributed by atoms with van der Waals surface area (Å²) in [6.45, 7) is 6.34. The summed E-state index contributed by atoms with van der Waals surface area (Å²) in [6, 6.07) is 22.7. The molecule has 5 heteroatoms. The van der Waals surface area contributed by atoms with Crippen molar-refractivity contribution in [2.45, 2.75) is 13.3 Å². The molecule has 1 radical (unpaired) electrons. The van der Waals surface area contributed by atoms with E-state index in [4.69, 9.17) is 19.3 Å². The van der Waals surface area contributed by atoms with Gasteiger partial charge in [0.1, 0.15) is 11.5 Å². The summed E-state index contributed by atoms with van der Waals surface area (Å²) < 4.78 is 17.2. The largest absolute Gasteiger partial charge is 0.489 e. The van der Waals surface area contributed by atoms with Gasteiger partial charge in [-0.2, -0.15) is 0 Å². The van der Waals surface area contributed by atoms with Gasteiger partial charge in [0, 0.05) is 0 Å². The number of aliphatic carboxylic acids is 1. The lowest BCUT2D eigenvalue weighted by molar-refractivity contribution is -0.139. The molecule has 1 unspecified atom stereocenters. The van der Waals surface area contributed by atoms with Crippen molar-refractivity contribution in [3.8, 4) is 23.0 Å². The molecule has 0 saturated carbocycles. The highest BCUT2D eigenvalue weighted by atomic mass is 16.5. The van der Waals surface area contributed by atoms with Crippen LogP contribution in [-0.2, 0) is 11.2 Å². The van der Waals surface area contributed by atoms with E-state index in [0.717, 1.165) is 23.3 Å². The molecular formula is C25H25O5. The highest BCUT2D eigenvalue weighted by Crippen LogP contribution is 2.34. The molecule has 0 saturated heterocycles. The summed E-state index contributed by atoms with van der Waals surface area (Å²) in [4.78, 5) is 10.6. The van der Waals surface area contributed by atoms with Crippen molar-refractivity contribution in [1.82, 2.24) is 0 Å². The van der Waals surface area contributed by atoms with Crippen molar-refractivity contribution in [2.24, 2.45) is 5.92 Å². The number of hydrogen-bond acceptors (Lipinski definition) is 4. The Labute approximate surface area is 176 Å². The average Bonchev–Trinajstić information content (AvgIpc) is 2.73. The molecule has 0 aliphatic rings. The predicted molar refractivity (Wildman–Crippen MR) is 115 cm³/mol. The van der Waals surface area contributed by atoms with Crippen LogP contribution in [0.2, 0.25) is 0 Å². The molecule has 3 aromatic carbocycles. The molecule has 0 bridgehead atoms. The van der Waals surface area contributed by atoms with Crippen LogP contribution in [0.25, 0.3) is 0 Å². The number of benzene rings is 3. The van der Waals surface area contributed by atoms with Crippen molar-refractivity contribution < 1.29 is 24.1 Å². The van der Waals surface area contributed by atoms with Crippen LogP contribution < -0.4 is 14.2 Å². The van der Waals surface area contributed by atoms with Gasteiger partial charge in [-0.25, -0.2) is 4.79 Å². The maximum Gasteiger partial charge on any atom is 0.341 e. The quantitative estimate of drug-likeness (QED) is 0.490. The maximum absolute atomic E-state index is 10.6. The average molecular weight is 405 g/mol. The van der Waals surface area contributed by atoms with Crippen LogP contribution in [0.3, 0.4) is 0 Å². The fourth-order valence-corrected chi connectivity index (χ4v) is 2.97. The monoisotopic (exact) mass is 405 g/mol. The van der Waals surface area contributed by atoms with E-state index in [2.05, 4.69) is 13.8 Å². The van der Waals surface area contributed by atoms with Crippen LogP contribution in [-0.4, -0.2) is 24.3 Å². The van der Waals surface area contributed by atoms with Crippen LogP contribution >= 0.6 is 0 Å². The van der Waals surface area contributed by atoms with Crippen molar-refractivity contribution in [1.29, 1.82) is 0 Å². The Morgan fingerprint density at radius 2 is 1.67 bits per heavy atom. The molecule has 0 aliphatic carbocycles. The van der Waals surface area contributed by atoms with Crippen LogP contribution in [0.5, 0.6) is 23.0 Å². The van der Waals surface area contributed by atoms with Crippen molar-refractivity contribution in [3.63, 3.8) is 0 Å². The smallest absolute Gasteiger partial charge is 0.341 e. The van der Waals surface area contributed by atoms with Crippen molar-refractivity contribution in [3.05, 3.63) is 90.8 Å². The van der Waals surface area contributed by atoms with Gasteiger partial charge >= 0.3 is 5.97 Å². The summed E-state index contributed by atoms with van der Waals surface area (Å²) >= 11 is 0. The van der Waals surface area contributed by atoms with Crippen LogP contribution in [0.15, 0.2) is 72.8 Å². The van der Waals surface area contributed by atoms with Crippen LogP contribution in [0, 0.1) is 12.8 Å². The lowest BCUT2D eigenvalue weighted by atomic mass is 10.0. The summed E-state index contributed by atoms with van der Waals surface area (Å²) in [6.07, 6.45) is 0.813. The molecule has 3 aromatic rings. The molecule has 0 aromatic heterocycles. The third kappa shape index (κ3) is 6.27. The van der Waals surface area contributed by atoms with Crippen LogP contribution in [0.1, 0.15) is 18.1 Å². The minimum atomic E-state index is -0.994. The van der Waals surface area contributed by atoms with E-state index >= 15 is 0 Å². The Hall–Kier alpha value is -3.47. The summed E-state index contributed by atoms with van der Waals surface area (Å²) in [7, 11) is 0. The third-order valence-electron chi connectivity index (χ3n) is 4.41. The Bertz CT molecular complexity index is 951. The number of para-hydroxylation sites is 2. The second kappa shape index (κ2) is 10.3. The van der Waals surface area contributed by atoms with Crippen molar-refractivity contribution >= 4 is 5.97 Å². The third-order valence-corrected chi connectivity index (χ3v) is 4.41. The highest BCUT2D eigenvalue weighted by molar-refractivity contribution is 5.68. The van der Waals surface area contributed by atoms with Gasteiger partial charge in [-0.1, -0.05) is 49.4 Å². The summed E-state index contributed by atoms with van der Waals surface area (Å²) in [5.74, 6) is 1.82. The second-order valence-electron chi connectivity index (χ2n) is 7.11. The number of carbonyl (C=O) groups is 1. The lowest BCUT2D eigenvalue weighted by Crippen LogP contribution is -2.12. The van der Waals surface area contributed by atoms with Gasteiger partial charge in [-0.15, -0.1) is 0 Å². The molecule has 0 heterocycles. The Morgan fingerprint density at radius 1 is 0.933 bits per heavy atom. The van der Waals surface area contributed by atoms with Gasteiger partial charge in [-0.05, 0) is 60.7 Å². The maximum atomic E-state index is 10.6. The van der Waals surface area contributed by atoms with Gasteiger partial charge in [-0.3, -0.25) is 0 Å². The molecule has 0 amide bonds. The highest BCUT2D eigenvalue weighted by Gasteiger charge is 2.12. The summed E-state index contributed by atoms with van der Waals surface area (Å²) in [5.41, 5.74) is 1.90. The number of carboxylic acid groups (broad SMARTS) is 1. The Morgan fingerprint density at radius 3 is 2.37 bits per heavy atom. The number of rotatable bonds is 10. The number of hydrogen-bond donors (Lipinski definition) is 1. The first-order valence-electron chi connectivity index (χ1n) is 9.75. The zero-order valence-electron chi connectivity index (χ0n) is 16.9.